The van der Waals surface area contributed by atoms with Crippen LogP contribution in [0.25, 0.3) is 0 Å². The summed E-state index contributed by atoms with van der Waals surface area (Å²) < 4.78 is 18.9. The summed E-state index contributed by atoms with van der Waals surface area (Å²) in [6, 6.07) is 4.81. The lowest BCUT2D eigenvalue weighted by Gasteiger charge is -2.23. The molecule has 1 saturated carbocycles. The Bertz CT molecular complexity index is 507. The van der Waals surface area contributed by atoms with Gasteiger partial charge in [0.2, 0.25) is 0 Å². The normalized spacial score (nSPS) is 16.9. The van der Waals surface area contributed by atoms with E-state index in [1.807, 2.05) is 20.8 Å². The van der Waals surface area contributed by atoms with Gasteiger partial charge in [-0.3, -0.25) is 0 Å². The molecule has 5 heteroatoms. The van der Waals surface area contributed by atoms with Gasteiger partial charge < -0.3 is 10.1 Å². The maximum atomic E-state index is 13.2. The molecule has 3 nitrogen and oxygen atoms in total. The fraction of sp³-hybridized carbons (Fsp3) is 0.500. The first-order valence-electron chi connectivity index (χ1n) is 6.19. The molecule has 19 heavy (non-hydrogen) atoms. The number of benzene rings is 1. The van der Waals surface area contributed by atoms with Crippen LogP contribution in [-0.4, -0.2) is 11.7 Å². The molecule has 0 bridgehead atoms. The van der Waals surface area contributed by atoms with Gasteiger partial charge in [0.1, 0.15) is 11.4 Å². The maximum Gasteiger partial charge on any atom is 0.408 e. The molecule has 1 aromatic carbocycles. The number of nitrogens with one attached hydrogen (secondary N) is 1. The van der Waals surface area contributed by atoms with Crippen molar-refractivity contribution in [2.24, 2.45) is 0 Å². The molecule has 0 heterocycles. The molecule has 2 rings (SSSR count). The minimum absolute atomic E-state index is 0.309. The van der Waals surface area contributed by atoms with Gasteiger partial charge in [0.25, 0.3) is 0 Å². The maximum absolute atomic E-state index is 13.2. The smallest absolute Gasteiger partial charge is 0.408 e. The van der Waals surface area contributed by atoms with Crippen LogP contribution in [-0.2, 0) is 10.3 Å². The summed E-state index contributed by atoms with van der Waals surface area (Å²) in [4.78, 5) is 11.8. The SMILES string of the molecule is CC(C)(C)OC(=O)NC1(c2ccc(F)c(Br)c2)CC1. The molecule has 0 atom stereocenters. The first kappa shape index (κ1) is 14.3. The zero-order valence-corrected chi connectivity index (χ0v) is 12.8. The van der Waals surface area contributed by atoms with Crippen LogP contribution in [0.3, 0.4) is 0 Å². The van der Waals surface area contributed by atoms with E-state index in [1.165, 1.54) is 6.07 Å². The van der Waals surface area contributed by atoms with Crippen molar-refractivity contribution in [2.45, 2.75) is 44.8 Å². The lowest BCUT2D eigenvalue weighted by atomic mass is 10.1. The first-order chi connectivity index (χ1) is 8.72. The van der Waals surface area contributed by atoms with E-state index in [1.54, 1.807) is 12.1 Å². The summed E-state index contributed by atoms with van der Waals surface area (Å²) in [6.07, 6.45) is 1.24. The van der Waals surface area contributed by atoms with Gasteiger partial charge in [-0.1, -0.05) is 6.07 Å². The number of alkyl carbamates (subject to hydrolysis) is 1. The van der Waals surface area contributed by atoms with Crippen molar-refractivity contribution in [2.75, 3.05) is 0 Å². The summed E-state index contributed by atoms with van der Waals surface area (Å²) in [7, 11) is 0. The quantitative estimate of drug-likeness (QED) is 0.886. The van der Waals surface area contributed by atoms with Crippen LogP contribution < -0.4 is 5.32 Å². The van der Waals surface area contributed by atoms with Gasteiger partial charge in [0.15, 0.2) is 0 Å². The van der Waals surface area contributed by atoms with Crippen LogP contribution in [0.15, 0.2) is 22.7 Å². The predicted molar refractivity (Wildman–Crippen MR) is 74.4 cm³/mol. The number of amides is 1. The van der Waals surface area contributed by atoms with Gasteiger partial charge in [-0.05, 0) is 67.2 Å². The van der Waals surface area contributed by atoms with E-state index < -0.39 is 17.2 Å². The summed E-state index contributed by atoms with van der Waals surface area (Å²) in [5.41, 5.74) is -0.0334. The standard InChI is InChI=1S/C14H17BrFNO2/c1-13(2,3)19-12(18)17-14(6-7-14)9-4-5-11(16)10(15)8-9/h4-5,8H,6-7H2,1-3H3,(H,17,18). The van der Waals surface area contributed by atoms with Crippen molar-refractivity contribution in [3.8, 4) is 0 Å². The number of carbonyl (C=O) groups is 1. The number of rotatable bonds is 2. The Labute approximate surface area is 120 Å². The molecular weight excluding hydrogens is 313 g/mol. The average Bonchev–Trinajstić information content (AvgIpc) is 3.00. The van der Waals surface area contributed by atoms with Crippen LogP contribution in [0.2, 0.25) is 0 Å². The molecule has 0 aliphatic heterocycles. The average molecular weight is 330 g/mol. The molecule has 0 radical (unpaired) electrons. The van der Waals surface area contributed by atoms with Crippen LogP contribution >= 0.6 is 15.9 Å². The molecule has 1 aliphatic rings. The molecule has 0 saturated heterocycles. The molecule has 1 amide bonds. The van der Waals surface area contributed by atoms with E-state index >= 15 is 0 Å². The molecule has 1 N–H and O–H groups in total. The second-order valence-electron chi connectivity index (χ2n) is 5.84. The Morgan fingerprint density at radius 2 is 2.05 bits per heavy atom. The van der Waals surface area contributed by atoms with Crippen molar-refractivity contribution < 1.29 is 13.9 Å². The van der Waals surface area contributed by atoms with Crippen LogP contribution in [0.5, 0.6) is 0 Å². The van der Waals surface area contributed by atoms with E-state index in [4.69, 9.17) is 4.74 Å². The number of hydrogen-bond donors (Lipinski definition) is 1. The summed E-state index contributed by atoms with van der Waals surface area (Å²) >= 11 is 3.16. The highest BCUT2D eigenvalue weighted by Crippen LogP contribution is 2.46. The Morgan fingerprint density at radius 3 is 2.53 bits per heavy atom. The van der Waals surface area contributed by atoms with E-state index in [2.05, 4.69) is 21.2 Å². The molecule has 0 aromatic heterocycles. The topological polar surface area (TPSA) is 38.3 Å². The highest BCUT2D eigenvalue weighted by molar-refractivity contribution is 9.10. The molecule has 0 spiro atoms. The number of halogens is 2. The van der Waals surface area contributed by atoms with Crippen LogP contribution in [0.1, 0.15) is 39.2 Å². The predicted octanol–water partition coefficient (Wildman–Crippen LogP) is 4.10. The third kappa shape index (κ3) is 3.47. The zero-order chi connectivity index (χ0) is 14.3. The van der Waals surface area contributed by atoms with E-state index in [9.17, 15) is 9.18 Å². The molecule has 104 valence electrons. The number of ether oxygens (including phenoxy) is 1. The fourth-order valence-electron chi connectivity index (χ4n) is 1.90. The first-order valence-corrected chi connectivity index (χ1v) is 6.98. The molecule has 1 aliphatic carbocycles. The van der Waals surface area contributed by atoms with Gasteiger partial charge in [0.05, 0.1) is 10.0 Å². The second kappa shape index (κ2) is 4.78. The molecule has 1 aromatic rings. The van der Waals surface area contributed by atoms with Gasteiger partial charge in [-0.2, -0.15) is 0 Å². The lowest BCUT2D eigenvalue weighted by molar-refractivity contribution is 0.0495. The largest absolute Gasteiger partial charge is 0.444 e. The minimum Gasteiger partial charge on any atom is -0.444 e. The van der Waals surface area contributed by atoms with Gasteiger partial charge in [0, 0.05) is 0 Å². The summed E-state index contributed by atoms with van der Waals surface area (Å²) in [5, 5.41) is 2.88. The van der Waals surface area contributed by atoms with Crippen LogP contribution in [0.4, 0.5) is 9.18 Å². The monoisotopic (exact) mass is 329 g/mol. The number of carbonyl (C=O) groups excluding carboxylic acids is 1. The molecular formula is C14H17BrFNO2. The van der Waals surface area contributed by atoms with Gasteiger partial charge in [-0.25, -0.2) is 9.18 Å². The number of hydrogen-bond acceptors (Lipinski definition) is 2. The van der Waals surface area contributed by atoms with Crippen molar-refractivity contribution in [3.63, 3.8) is 0 Å². The third-order valence-electron chi connectivity index (χ3n) is 2.96. The Morgan fingerprint density at radius 1 is 1.42 bits per heavy atom. The van der Waals surface area contributed by atoms with E-state index in [0.717, 1.165) is 18.4 Å². The van der Waals surface area contributed by atoms with Gasteiger partial charge >= 0.3 is 6.09 Å². The Hall–Kier alpha value is -1.10. The van der Waals surface area contributed by atoms with Crippen molar-refractivity contribution in [3.05, 3.63) is 34.1 Å². The van der Waals surface area contributed by atoms with Crippen molar-refractivity contribution in [1.29, 1.82) is 0 Å². The zero-order valence-electron chi connectivity index (χ0n) is 11.2. The molecule has 0 unspecified atom stereocenters. The van der Waals surface area contributed by atoms with Gasteiger partial charge in [-0.15, -0.1) is 0 Å². The summed E-state index contributed by atoms with van der Waals surface area (Å²) in [6.45, 7) is 5.46. The Balaban J connectivity index is 2.11. The highest BCUT2D eigenvalue weighted by Gasteiger charge is 2.46. The van der Waals surface area contributed by atoms with Crippen LogP contribution in [0, 0.1) is 5.82 Å². The van der Waals surface area contributed by atoms with E-state index in [0.29, 0.717) is 4.47 Å². The second-order valence-corrected chi connectivity index (χ2v) is 6.69. The highest BCUT2D eigenvalue weighted by atomic mass is 79.9. The van der Waals surface area contributed by atoms with E-state index in [-0.39, 0.29) is 5.82 Å². The van der Waals surface area contributed by atoms with Crippen molar-refractivity contribution in [1.82, 2.24) is 5.32 Å². The van der Waals surface area contributed by atoms with Crippen molar-refractivity contribution >= 4 is 22.0 Å². The molecule has 1 fully saturated rings. The third-order valence-corrected chi connectivity index (χ3v) is 3.57. The summed E-state index contributed by atoms with van der Waals surface area (Å²) in [5.74, 6) is -0.309. The fourth-order valence-corrected chi connectivity index (χ4v) is 2.28. The Kier molecular flexibility index (Phi) is 3.60. The lowest BCUT2D eigenvalue weighted by Crippen LogP contribution is -2.39. The minimum atomic E-state index is -0.524.